The van der Waals surface area contributed by atoms with Crippen LogP contribution in [0.15, 0.2) is 12.2 Å². The van der Waals surface area contributed by atoms with Crippen molar-refractivity contribution in [3.8, 4) is 0 Å². The molecule has 2 unspecified atom stereocenters. The van der Waals surface area contributed by atoms with Crippen molar-refractivity contribution in [2.45, 2.75) is 71.0 Å². The van der Waals surface area contributed by atoms with Crippen LogP contribution in [0.1, 0.15) is 58.8 Å². The second kappa shape index (κ2) is 11.6. The van der Waals surface area contributed by atoms with Crippen LogP contribution in [0.5, 0.6) is 0 Å². The second-order valence-corrected chi connectivity index (χ2v) is 6.91. The highest BCUT2D eigenvalue weighted by atomic mass is 32.2. The summed E-state index contributed by atoms with van der Waals surface area (Å²) in [5, 5.41) is 9.35. The number of carbonyl (C=O) groups excluding carboxylic acids is 1. The fourth-order valence-corrected chi connectivity index (χ4v) is 2.55. The van der Waals surface area contributed by atoms with Crippen LogP contribution >= 0.6 is 0 Å². The van der Waals surface area contributed by atoms with Gasteiger partial charge in [0.25, 0.3) is 10.1 Å². The molecule has 0 aliphatic rings. The van der Waals surface area contributed by atoms with Crippen molar-refractivity contribution in [1.82, 2.24) is 0 Å². The standard InChI is InChI=1S/C15H28O6S/c1-3-4-5-6-7-8-9-13(2)21-15(17)11-10-14(16)12-22(18,19)20/h8-9,13-14,16H,3-7,10-12H2,1-2H3,(H,18,19,20)/b9-8+. The average Bonchev–Trinajstić information content (AvgIpc) is 2.38. The van der Waals surface area contributed by atoms with E-state index in [1.54, 1.807) is 6.92 Å². The van der Waals surface area contributed by atoms with E-state index in [-0.39, 0.29) is 18.9 Å². The SMILES string of the molecule is CCCCCC/C=C/C(C)OC(=O)CCC(O)CS(=O)(=O)O. The first kappa shape index (κ1) is 21.1. The fraction of sp³-hybridized carbons (Fsp3) is 0.800. The smallest absolute Gasteiger partial charge is 0.306 e. The maximum atomic E-state index is 11.5. The summed E-state index contributed by atoms with van der Waals surface area (Å²) in [7, 11) is -4.23. The predicted molar refractivity (Wildman–Crippen MR) is 85.1 cm³/mol. The zero-order chi connectivity index (χ0) is 17.0. The zero-order valence-corrected chi connectivity index (χ0v) is 14.2. The van der Waals surface area contributed by atoms with Crippen molar-refractivity contribution in [3.05, 3.63) is 12.2 Å². The van der Waals surface area contributed by atoms with E-state index < -0.39 is 27.9 Å². The summed E-state index contributed by atoms with van der Waals surface area (Å²) in [5.41, 5.74) is 0. The van der Waals surface area contributed by atoms with E-state index in [9.17, 15) is 18.3 Å². The molecule has 0 aromatic rings. The van der Waals surface area contributed by atoms with Crippen molar-refractivity contribution < 1.29 is 27.6 Å². The largest absolute Gasteiger partial charge is 0.458 e. The van der Waals surface area contributed by atoms with Crippen molar-refractivity contribution in [2.75, 3.05) is 5.75 Å². The van der Waals surface area contributed by atoms with Gasteiger partial charge in [0, 0.05) is 6.42 Å². The third-order valence-corrected chi connectivity index (χ3v) is 3.84. The highest BCUT2D eigenvalue weighted by Gasteiger charge is 2.16. The third kappa shape index (κ3) is 14.0. The number of aliphatic hydroxyl groups excluding tert-OH is 1. The molecule has 6 nitrogen and oxygen atoms in total. The van der Waals surface area contributed by atoms with Crippen LogP contribution in [0.2, 0.25) is 0 Å². The van der Waals surface area contributed by atoms with Gasteiger partial charge in [0.2, 0.25) is 0 Å². The number of rotatable bonds is 12. The van der Waals surface area contributed by atoms with E-state index in [2.05, 4.69) is 6.92 Å². The molecule has 0 fully saturated rings. The number of carbonyl (C=O) groups is 1. The van der Waals surface area contributed by atoms with Gasteiger partial charge in [-0.2, -0.15) is 8.42 Å². The van der Waals surface area contributed by atoms with E-state index >= 15 is 0 Å². The van der Waals surface area contributed by atoms with Crippen LogP contribution in [-0.2, 0) is 19.6 Å². The number of unbranched alkanes of at least 4 members (excludes halogenated alkanes) is 4. The molecule has 0 saturated heterocycles. The Bertz CT molecular complexity index is 429. The Labute approximate surface area is 133 Å². The molecule has 0 aliphatic heterocycles. The molecule has 0 heterocycles. The summed E-state index contributed by atoms with van der Waals surface area (Å²) < 4.78 is 34.8. The van der Waals surface area contributed by atoms with Gasteiger partial charge in [0.15, 0.2) is 0 Å². The molecule has 2 N–H and O–H groups in total. The molecule has 0 amide bonds. The number of esters is 1. The molecule has 0 aromatic heterocycles. The summed E-state index contributed by atoms with van der Waals surface area (Å²) in [4.78, 5) is 11.5. The van der Waals surface area contributed by atoms with Crippen LogP contribution in [-0.4, -0.2) is 42.0 Å². The summed E-state index contributed by atoms with van der Waals surface area (Å²) >= 11 is 0. The number of hydrogen-bond acceptors (Lipinski definition) is 5. The molecule has 130 valence electrons. The van der Waals surface area contributed by atoms with E-state index in [0.717, 1.165) is 12.8 Å². The normalized spacial score (nSPS) is 14.9. The maximum absolute atomic E-state index is 11.5. The van der Waals surface area contributed by atoms with Crippen molar-refractivity contribution in [3.63, 3.8) is 0 Å². The zero-order valence-electron chi connectivity index (χ0n) is 13.4. The van der Waals surface area contributed by atoms with Gasteiger partial charge in [-0.15, -0.1) is 0 Å². The molecule has 2 atom stereocenters. The minimum atomic E-state index is -4.23. The van der Waals surface area contributed by atoms with Crippen LogP contribution in [0.3, 0.4) is 0 Å². The molecule has 0 aromatic carbocycles. The van der Waals surface area contributed by atoms with Gasteiger partial charge in [0.1, 0.15) is 11.9 Å². The van der Waals surface area contributed by atoms with Crippen molar-refractivity contribution in [1.29, 1.82) is 0 Å². The van der Waals surface area contributed by atoms with Crippen LogP contribution < -0.4 is 0 Å². The highest BCUT2D eigenvalue weighted by Crippen LogP contribution is 2.06. The van der Waals surface area contributed by atoms with Crippen LogP contribution in [0.25, 0.3) is 0 Å². The molecule has 0 saturated carbocycles. The molecule has 0 bridgehead atoms. The molecule has 0 radical (unpaired) electrons. The Morgan fingerprint density at radius 1 is 1.27 bits per heavy atom. The van der Waals surface area contributed by atoms with Gasteiger partial charge < -0.3 is 9.84 Å². The average molecular weight is 336 g/mol. The summed E-state index contributed by atoms with van der Waals surface area (Å²) in [6.45, 7) is 3.90. The molecule has 22 heavy (non-hydrogen) atoms. The lowest BCUT2D eigenvalue weighted by Gasteiger charge is -2.11. The minimum Gasteiger partial charge on any atom is -0.458 e. The van der Waals surface area contributed by atoms with Crippen LogP contribution in [0, 0.1) is 0 Å². The lowest BCUT2D eigenvalue weighted by molar-refractivity contribution is -0.146. The quantitative estimate of drug-likeness (QED) is 0.246. The van der Waals surface area contributed by atoms with Crippen molar-refractivity contribution >= 4 is 16.1 Å². The monoisotopic (exact) mass is 336 g/mol. The van der Waals surface area contributed by atoms with Crippen LogP contribution in [0.4, 0.5) is 0 Å². The summed E-state index contributed by atoms with van der Waals surface area (Å²) in [5.74, 6) is -1.27. The van der Waals surface area contributed by atoms with E-state index in [4.69, 9.17) is 9.29 Å². The minimum absolute atomic E-state index is 0.0634. The van der Waals surface area contributed by atoms with E-state index in [1.165, 1.54) is 19.3 Å². The summed E-state index contributed by atoms with van der Waals surface area (Å²) in [6, 6.07) is 0. The first-order valence-electron chi connectivity index (χ1n) is 7.74. The number of ether oxygens (including phenoxy) is 1. The summed E-state index contributed by atoms with van der Waals surface area (Å²) in [6.07, 6.45) is 7.72. The Morgan fingerprint density at radius 2 is 1.95 bits per heavy atom. The van der Waals surface area contributed by atoms with Gasteiger partial charge in [-0.05, 0) is 32.3 Å². The molecule has 0 spiro atoms. The first-order chi connectivity index (χ1) is 10.2. The van der Waals surface area contributed by atoms with Gasteiger partial charge in [0.05, 0.1) is 6.10 Å². The predicted octanol–water partition coefficient (Wildman–Crippen LogP) is 2.47. The van der Waals surface area contributed by atoms with Gasteiger partial charge in [-0.25, -0.2) is 0 Å². The Morgan fingerprint density at radius 3 is 2.55 bits per heavy atom. The third-order valence-electron chi connectivity index (χ3n) is 3.03. The maximum Gasteiger partial charge on any atom is 0.306 e. The van der Waals surface area contributed by atoms with Crippen molar-refractivity contribution in [2.24, 2.45) is 0 Å². The number of aliphatic hydroxyl groups is 1. The Hall–Kier alpha value is -0.920. The second-order valence-electron chi connectivity index (χ2n) is 5.41. The molecule has 7 heteroatoms. The lowest BCUT2D eigenvalue weighted by atomic mass is 10.1. The Balaban J connectivity index is 3.84. The molecular weight excluding hydrogens is 308 g/mol. The molecular formula is C15H28O6S. The Kier molecular flexibility index (Phi) is 11.1. The molecule has 0 rings (SSSR count). The van der Waals surface area contributed by atoms with E-state index in [0.29, 0.717) is 0 Å². The molecule has 0 aliphatic carbocycles. The topological polar surface area (TPSA) is 101 Å². The fourth-order valence-electron chi connectivity index (χ4n) is 1.89. The van der Waals surface area contributed by atoms with Gasteiger partial charge >= 0.3 is 5.97 Å². The lowest BCUT2D eigenvalue weighted by Crippen LogP contribution is -2.22. The first-order valence-corrected chi connectivity index (χ1v) is 9.35. The highest BCUT2D eigenvalue weighted by molar-refractivity contribution is 7.85. The van der Waals surface area contributed by atoms with E-state index in [1.807, 2.05) is 12.2 Å². The number of allylic oxidation sites excluding steroid dienone is 1. The van der Waals surface area contributed by atoms with Gasteiger partial charge in [-0.1, -0.05) is 32.3 Å². The number of hydrogen-bond donors (Lipinski definition) is 2. The van der Waals surface area contributed by atoms with Gasteiger partial charge in [-0.3, -0.25) is 9.35 Å².